The number of hydrogen-bond donors (Lipinski definition) is 2. The summed E-state index contributed by atoms with van der Waals surface area (Å²) in [6, 6.07) is 10.2. The van der Waals surface area contributed by atoms with E-state index in [0.717, 1.165) is 5.56 Å². The first-order chi connectivity index (χ1) is 10.4. The first-order valence-corrected chi connectivity index (χ1v) is 6.84. The van der Waals surface area contributed by atoms with Gasteiger partial charge in [0.2, 0.25) is 0 Å². The predicted octanol–water partition coefficient (Wildman–Crippen LogP) is 2.55. The predicted molar refractivity (Wildman–Crippen MR) is 79.1 cm³/mol. The number of rotatable bonds is 3. The van der Waals surface area contributed by atoms with Gasteiger partial charge in [0.25, 0.3) is 5.91 Å². The third-order valence-corrected chi connectivity index (χ3v) is 3.83. The van der Waals surface area contributed by atoms with Gasteiger partial charge >= 0.3 is 0 Å². The molecule has 2 N–H and O–H groups in total. The van der Waals surface area contributed by atoms with Crippen molar-refractivity contribution in [2.75, 3.05) is 5.32 Å². The summed E-state index contributed by atoms with van der Waals surface area (Å²) in [6.45, 7) is 1.84. The molecule has 1 aliphatic heterocycles. The summed E-state index contributed by atoms with van der Waals surface area (Å²) in [5, 5.41) is 13.3. The van der Waals surface area contributed by atoms with Crippen molar-refractivity contribution in [3.05, 3.63) is 65.0 Å². The number of benzene rings is 2. The minimum Gasteiger partial charge on any atom is -0.375 e. The van der Waals surface area contributed by atoms with Crippen LogP contribution in [0.4, 0.5) is 10.1 Å². The minimum absolute atomic E-state index is 0.253. The van der Waals surface area contributed by atoms with E-state index in [1.807, 2.05) is 13.0 Å². The van der Waals surface area contributed by atoms with Gasteiger partial charge in [0, 0.05) is 16.8 Å². The topological polar surface area (TPSA) is 66.4 Å². The monoisotopic (exact) mass is 299 g/mol. The highest BCUT2D eigenvalue weighted by atomic mass is 19.1. The maximum absolute atomic E-state index is 12.9. The molecule has 0 radical (unpaired) electrons. The highest BCUT2D eigenvalue weighted by Crippen LogP contribution is 2.39. The van der Waals surface area contributed by atoms with Gasteiger partial charge in [-0.1, -0.05) is 17.7 Å². The number of fused-ring (bicyclic) bond motifs is 1. The maximum Gasteiger partial charge on any atom is 0.261 e. The Morgan fingerprint density at radius 1 is 1.23 bits per heavy atom. The Kier molecular flexibility index (Phi) is 3.30. The zero-order valence-electron chi connectivity index (χ0n) is 11.9. The number of nitrogens with one attached hydrogen (secondary N) is 1. The Morgan fingerprint density at radius 3 is 2.59 bits per heavy atom. The summed E-state index contributed by atoms with van der Waals surface area (Å²) in [5.74, 6) is -1.49. The summed E-state index contributed by atoms with van der Waals surface area (Å²) in [7, 11) is 0. The Bertz CT molecular complexity index is 770. The Morgan fingerprint density at radius 2 is 1.91 bits per heavy atom. The van der Waals surface area contributed by atoms with E-state index in [4.69, 9.17) is 0 Å². The van der Waals surface area contributed by atoms with Crippen LogP contribution < -0.4 is 5.32 Å². The fourth-order valence-electron chi connectivity index (χ4n) is 2.60. The van der Waals surface area contributed by atoms with Crippen molar-refractivity contribution >= 4 is 17.4 Å². The Labute approximate surface area is 126 Å². The van der Waals surface area contributed by atoms with E-state index in [1.165, 1.54) is 24.3 Å². The second-order valence-electron chi connectivity index (χ2n) is 5.47. The lowest BCUT2D eigenvalue weighted by Gasteiger charge is -2.20. The van der Waals surface area contributed by atoms with E-state index in [0.29, 0.717) is 11.3 Å². The van der Waals surface area contributed by atoms with Crippen LogP contribution in [0.3, 0.4) is 0 Å². The van der Waals surface area contributed by atoms with Crippen molar-refractivity contribution in [1.29, 1.82) is 0 Å². The molecule has 112 valence electrons. The summed E-state index contributed by atoms with van der Waals surface area (Å²) in [6.07, 6.45) is -0.388. The molecule has 1 aliphatic rings. The molecule has 1 heterocycles. The molecule has 1 unspecified atom stereocenters. The van der Waals surface area contributed by atoms with Crippen LogP contribution in [0.1, 0.15) is 27.9 Å². The van der Waals surface area contributed by atoms with E-state index in [2.05, 4.69) is 5.32 Å². The Balaban J connectivity index is 1.94. The van der Waals surface area contributed by atoms with E-state index in [9.17, 15) is 19.1 Å². The van der Waals surface area contributed by atoms with Gasteiger partial charge in [-0.15, -0.1) is 0 Å². The SMILES string of the molecule is Cc1ccc2c(c1)C(O)(CC(=O)c1ccc(F)cc1)C(=O)N2. The third kappa shape index (κ3) is 2.29. The molecule has 1 atom stereocenters. The fraction of sp³-hybridized carbons (Fsp3) is 0.176. The number of aliphatic hydroxyl groups is 1. The van der Waals surface area contributed by atoms with Gasteiger partial charge in [0.1, 0.15) is 5.82 Å². The lowest BCUT2D eigenvalue weighted by Crippen LogP contribution is -2.36. The smallest absolute Gasteiger partial charge is 0.261 e. The number of carbonyl (C=O) groups is 2. The average molecular weight is 299 g/mol. The molecular weight excluding hydrogens is 285 g/mol. The normalized spacial score (nSPS) is 19.7. The quantitative estimate of drug-likeness (QED) is 0.856. The number of halogens is 1. The number of carbonyl (C=O) groups excluding carboxylic acids is 2. The number of amides is 1. The van der Waals surface area contributed by atoms with E-state index in [-0.39, 0.29) is 12.0 Å². The molecule has 0 aliphatic carbocycles. The van der Waals surface area contributed by atoms with Crippen LogP contribution in [-0.4, -0.2) is 16.8 Å². The molecule has 0 bridgehead atoms. The number of anilines is 1. The zero-order chi connectivity index (χ0) is 15.9. The molecule has 3 rings (SSSR count). The van der Waals surface area contributed by atoms with Crippen LogP contribution >= 0.6 is 0 Å². The molecule has 0 aromatic heterocycles. The van der Waals surface area contributed by atoms with Crippen LogP contribution in [0.5, 0.6) is 0 Å². The number of hydrogen-bond acceptors (Lipinski definition) is 3. The van der Waals surface area contributed by atoms with Gasteiger partial charge in [-0.05, 0) is 37.3 Å². The van der Waals surface area contributed by atoms with Crippen molar-refractivity contribution < 1.29 is 19.1 Å². The first-order valence-electron chi connectivity index (χ1n) is 6.84. The van der Waals surface area contributed by atoms with Crippen LogP contribution in [-0.2, 0) is 10.4 Å². The van der Waals surface area contributed by atoms with Crippen molar-refractivity contribution in [1.82, 2.24) is 0 Å². The van der Waals surface area contributed by atoms with E-state index >= 15 is 0 Å². The summed E-state index contributed by atoms with van der Waals surface area (Å²) >= 11 is 0. The van der Waals surface area contributed by atoms with E-state index < -0.39 is 23.1 Å². The summed E-state index contributed by atoms with van der Waals surface area (Å²) in [4.78, 5) is 24.4. The molecule has 0 spiro atoms. The number of aryl methyl sites for hydroxylation is 1. The number of ketones is 1. The van der Waals surface area contributed by atoms with Gasteiger partial charge in [-0.3, -0.25) is 9.59 Å². The van der Waals surface area contributed by atoms with Crippen molar-refractivity contribution in [2.24, 2.45) is 0 Å². The van der Waals surface area contributed by atoms with Gasteiger partial charge in [0.05, 0.1) is 6.42 Å². The van der Waals surface area contributed by atoms with Crippen LogP contribution in [0.25, 0.3) is 0 Å². The minimum atomic E-state index is -1.90. The van der Waals surface area contributed by atoms with Crippen LogP contribution in [0.15, 0.2) is 42.5 Å². The maximum atomic E-state index is 12.9. The second kappa shape index (κ2) is 5.03. The van der Waals surface area contributed by atoms with Gasteiger partial charge in [-0.2, -0.15) is 0 Å². The molecule has 5 heteroatoms. The zero-order valence-corrected chi connectivity index (χ0v) is 11.9. The van der Waals surface area contributed by atoms with Gasteiger partial charge in [0.15, 0.2) is 11.4 Å². The van der Waals surface area contributed by atoms with Crippen LogP contribution in [0, 0.1) is 12.7 Å². The van der Waals surface area contributed by atoms with E-state index in [1.54, 1.807) is 12.1 Å². The lowest BCUT2D eigenvalue weighted by molar-refractivity contribution is -0.133. The van der Waals surface area contributed by atoms with Crippen molar-refractivity contribution in [2.45, 2.75) is 18.9 Å². The average Bonchev–Trinajstić information content (AvgIpc) is 2.71. The third-order valence-electron chi connectivity index (χ3n) is 3.83. The number of Topliss-reactive ketones (excluding diaryl/α,β-unsaturated/α-hetero) is 1. The molecule has 2 aromatic carbocycles. The molecule has 0 saturated heterocycles. The summed E-state index contributed by atoms with van der Waals surface area (Å²) < 4.78 is 12.9. The van der Waals surface area contributed by atoms with Crippen molar-refractivity contribution in [3.63, 3.8) is 0 Å². The highest BCUT2D eigenvalue weighted by molar-refractivity contribution is 6.09. The molecule has 0 saturated carbocycles. The summed E-state index contributed by atoms with van der Waals surface area (Å²) in [5.41, 5.74) is 0.136. The van der Waals surface area contributed by atoms with Crippen LogP contribution in [0.2, 0.25) is 0 Å². The molecule has 4 nitrogen and oxygen atoms in total. The molecule has 0 fully saturated rings. The molecule has 1 amide bonds. The molecular formula is C17H14FNO3. The molecule has 22 heavy (non-hydrogen) atoms. The van der Waals surface area contributed by atoms with Gasteiger partial charge < -0.3 is 10.4 Å². The fourth-order valence-corrected chi connectivity index (χ4v) is 2.60. The lowest BCUT2D eigenvalue weighted by atomic mass is 9.87. The Hall–Kier alpha value is -2.53. The van der Waals surface area contributed by atoms with Crippen molar-refractivity contribution in [3.8, 4) is 0 Å². The highest BCUT2D eigenvalue weighted by Gasteiger charge is 2.46. The second-order valence-corrected chi connectivity index (χ2v) is 5.47. The van der Waals surface area contributed by atoms with Gasteiger partial charge in [-0.25, -0.2) is 4.39 Å². The first kappa shape index (κ1) is 14.4. The standard InChI is InChI=1S/C17H14FNO3/c1-10-2-7-14-13(8-10)17(22,16(21)19-14)9-15(20)11-3-5-12(18)6-4-11/h2-8,22H,9H2,1H3,(H,19,21). The largest absolute Gasteiger partial charge is 0.375 e. The molecule has 2 aromatic rings.